The molecule has 3 N–H and O–H groups in total. The Labute approximate surface area is 146 Å². The van der Waals surface area contributed by atoms with Crippen LogP contribution in [0.1, 0.15) is 124 Å². The van der Waals surface area contributed by atoms with E-state index in [1.165, 1.54) is 96.3 Å². The van der Waals surface area contributed by atoms with Gasteiger partial charge in [0.15, 0.2) is 0 Å². The molecule has 0 bridgehead atoms. The summed E-state index contributed by atoms with van der Waals surface area (Å²) >= 11 is 6.37. The van der Waals surface area contributed by atoms with E-state index in [0.29, 0.717) is 0 Å². The lowest BCUT2D eigenvalue weighted by Gasteiger charge is -2.19. The topological polar surface area (TPSA) is 35.0 Å². The Kier molecular flexibility index (Phi) is 19.6. The zero-order chi connectivity index (χ0) is 15.8. The van der Waals surface area contributed by atoms with Crippen molar-refractivity contribution in [2.75, 3.05) is 0 Å². The van der Waals surface area contributed by atoms with E-state index in [9.17, 15) is 0 Å². The lowest BCUT2D eigenvalue weighted by Crippen LogP contribution is -2.13. The molecule has 2 heteroatoms. The maximum atomic E-state index is 6.37. The van der Waals surface area contributed by atoms with Gasteiger partial charge in [0.05, 0.1) is 0 Å². The Morgan fingerprint density at radius 3 is 1.23 bits per heavy atom. The van der Waals surface area contributed by atoms with Crippen molar-refractivity contribution < 1.29 is 0 Å². The lowest BCUT2D eigenvalue weighted by molar-refractivity contribution is 0.493. The third kappa shape index (κ3) is 18.3. The van der Waals surface area contributed by atoms with Crippen molar-refractivity contribution in [3.63, 3.8) is 0 Å². The highest BCUT2D eigenvalue weighted by Gasteiger charge is 2.16. The number of hydrogen-bond donors (Lipinski definition) is 1. The van der Waals surface area contributed by atoms with E-state index in [0.717, 1.165) is 6.42 Å². The Bertz CT molecular complexity index is 204. The molecule has 0 aliphatic rings. The SMILES string of the molecule is CCCCCCCCCCCCCCCCC(C)(Cl)CC.N. The van der Waals surface area contributed by atoms with E-state index in [-0.39, 0.29) is 11.0 Å². The maximum Gasteiger partial charge on any atom is 0.0416 e. The van der Waals surface area contributed by atoms with Crippen molar-refractivity contribution in [2.45, 2.75) is 128 Å². The van der Waals surface area contributed by atoms with Gasteiger partial charge >= 0.3 is 0 Å². The van der Waals surface area contributed by atoms with Crippen LogP contribution in [0, 0.1) is 0 Å². The van der Waals surface area contributed by atoms with Gasteiger partial charge in [-0.3, -0.25) is 0 Å². The van der Waals surface area contributed by atoms with Gasteiger partial charge < -0.3 is 6.15 Å². The zero-order valence-electron chi connectivity index (χ0n) is 15.9. The number of alkyl halides is 1. The molecule has 0 aromatic heterocycles. The van der Waals surface area contributed by atoms with Crippen LogP contribution in [0.15, 0.2) is 0 Å². The fraction of sp³-hybridized carbons (Fsp3) is 1.00. The molecule has 1 nitrogen and oxygen atoms in total. The summed E-state index contributed by atoms with van der Waals surface area (Å²) in [6.07, 6.45) is 22.3. The first-order chi connectivity index (χ1) is 10.1. The van der Waals surface area contributed by atoms with E-state index < -0.39 is 0 Å². The first-order valence-electron chi connectivity index (χ1n) is 9.81. The van der Waals surface area contributed by atoms with Crippen molar-refractivity contribution in [1.82, 2.24) is 6.15 Å². The molecular formula is C20H44ClN. The standard InChI is InChI=1S/C20H41Cl.H3N/c1-4-6-7-8-9-10-11-12-13-14-15-16-17-18-19-20(3,21)5-2;/h4-19H2,1-3H3;1H3. The molecule has 136 valence electrons. The van der Waals surface area contributed by atoms with Crippen molar-refractivity contribution in [3.05, 3.63) is 0 Å². The highest BCUT2D eigenvalue weighted by Crippen LogP contribution is 2.26. The Balaban J connectivity index is 0. The Morgan fingerprint density at radius 1 is 0.591 bits per heavy atom. The van der Waals surface area contributed by atoms with Crippen LogP contribution in [0.5, 0.6) is 0 Å². The number of rotatable bonds is 16. The van der Waals surface area contributed by atoms with Crippen LogP contribution in [0.25, 0.3) is 0 Å². The number of hydrogen-bond acceptors (Lipinski definition) is 1. The summed E-state index contributed by atoms with van der Waals surface area (Å²) in [6.45, 7) is 6.66. The van der Waals surface area contributed by atoms with Gasteiger partial charge in [-0.1, -0.05) is 104 Å². The Hall–Kier alpha value is 0.250. The highest BCUT2D eigenvalue weighted by molar-refractivity contribution is 6.23. The minimum atomic E-state index is 0. The third-order valence-electron chi connectivity index (χ3n) is 4.79. The van der Waals surface area contributed by atoms with Gasteiger partial charge in [0, 0.05) is 4.87 Å². The van der Waals surface area contributed by atoms with Crippen LogP contribution in [-0.2, 0) is 0 Å². The predicted molar refractivity (Wildman–Crippen MR) is 105 cm³/mol. The van der Waals surface area contributed by atoms with Crippen LogP contribution in [0.2, 0.25) is 0 Å². The highest BCUT2D eigenvalue weighted by atomic mass is 35.5. The van der Waals surface area contributed by atoms with E-state index in [1.807, 2.05) is 0 Å². The summed E-state index contributed by atoms with van der Waals surface area (Å²) in [5.74, 6) is 0. The summed E-state index contributed by atoms with van der Waals surface area (Å²) in [4.78, 5) is 0.0527. The fourth-order valence-electron chi connectivity index (χ4n) is 2.86. The molecule has 0 aliphatic heterocycles. The van der Waals surface area contributed by atoms with Gasteiger partial charge in [-0.2, -0.15) is 0 Å². The Morgan fingerprint density at radius 2 is 0.909 bits per heavy atom. The van der Waals surface area contributed by atoms with Crippen LogP contribution in [0.4, 0.5) is 0 Å². The van der Waals surface area contributed by atoms with Crippen molar-refractivity contribution >= 4 is 11.6 Å². The second kappa shape index (κ2) is 17.6. The van der Waals surface area contributed by atoms with Crippen LogP contribution in [-0.4, -0.2) is 4.87 Å². The minimum Gasteiger partial charge on any atom is -0.344 e. The van der Waals surface area contributed by atoms with Crippen LogP contribution >= 0.6 is 11.6 Å². The molecule has 0 saturated carbocycles. The lowest BCUT2D eigenvalue weighted by atomic mass is 9.98. The molecule has 22 heavy (non-hydrogen) atoms. The molecule has 0 saturated heterocycles. The van der Waals surface area contributed by atoms with E-state index in [1.54, 1.807) is 0 Å². The molecule has 0 radical (unpaired) electrons. The van der Waals surface area contributed by atoms with Gasteiger partial charge in [-0.05, 0) is 19.8 Å². The van der Waals surface area contributed by atoms with Gasteiger partial charge in [0.25, 0.3) is 0 Å². The third-order valence-corrected chi connectivity index (χ3v) is 5.25. The van der Waals surface area contributed by atoms with Gasteiger partial charge in [0.1, 0.15) is 0 Å². The maximum absolute atomic E-state index is 6.37. The minimum absolute atomic E-state index is 0. The summed E-state index contributed by atoms with van der Waals surface area (Å²) in [5.41, 5.74) is 0. The van der Waals surface area contributed by atoms with Gasteiger partial charge in [-0.15, -0.1) is 11.6 Å². The number of halogens is 1. The molecule has 0 aliphatic carbocycles. The summed E-state index contributed by atoms with van der Waals surface area (Å²) in [6, 6.07) is 0. The first-order valence-corrected chi connectivity index (χ1v) is 10.2. The average Bonchev–Trinajstić information content (AvgIpc) is 2.47. The van der Waals surface area contributed by atoms with Gasteiger partial charge in [-0.25, -0.2) is 0 Å². The second-order valence-corrected chi connectivity index (χ2v) is 8.03. The molecule has 0 amide bonds. The van der Waals surface area contributed by atoms with Crippen molar-refractivity contribution in [3.8, 4) is 0 Å². The summed E-state index contributed by atoms with van der Waals surface area (Å²) in [7, 11) is 0. The van der Waals surface area contributed by atoms with Gasteiger partial charge in [0.2, 0.25) is 0 Å². The molecular weight excluding hydrogens is 290 g/mol. The monoisotopic (exact) mass is 333 g/mol. The second-order valence-electron chi connectivity index (χ2n) is 7.11. The largest absolute Gasteiger partial charge is 0.344 e. The summed E-state index contributed by atoms with van der Waals surface area (Å²) < 4.78 is 0. The predicted octanol–water partition coefficient (Wildman–Crippen LogP) is 8.43. The van der Waals surface area contributed by atoms with Crippen LogP contribution in [0.3, 0.4) is 0 Å². The number of unbranched alkanes of at least 4 members (excludes halogenated alkanes) is 13. The molecule has 0 spiro atoms. The normalized spacial score (nSPS) is 13.6. The average molecular weight is 334 g/mol. The molecule has 0 fully saturated rings. The van der Waals surface area contributed by atoms with Crippen molar-refractivity contribution in [1.29, 1.82) is 0 Å². The van der Waals surface area contributed by atoms with E-state index in [4.69, 9.17) is 11.6 Å². The molecule has 0 aromatic rings. The quantitative estimate of drug-likeness (QED) is 0.223. The van der Waals surface area contributed by atoms with Crippen molar-refractivity contribution in [2.24, 2.45) is 0 Å². The van der Waals surface area contributed by atoms with E-state index >= 15 is 0 Å². The molecule has 0 rings (SSSR count). The fourth-order valence-corrected chi connectivity index (χ4v) is 3.00. The molecule has 0 aromatic carbocycles. The summed E-state index contributed by atoms with van der Waals surface area (Å²) in [5, 5.41) is 0. The molecule has 1 atom stereocenters. The first kappa shape index (κ1) is 24.5. The van der Waals surface area contributed by atoms with Crippen LogP contribution < -0.4 is 6.15 Å². The smallest absolute Gasteiger partial charge is 0.0416 e. The molecule has 0 heterocycles. The molecule has 1 unspecified atom stereocenters. The zero-order valence-corrected chi connectivity index (χ0v) is 16.7. The van der Waals surface area contributed by atoms with E-state index in [2.05, 4.69) is 20.8 Å².